The number of carbonyl (C=O) groups is 1. The number of amides is 1. The number of hydrogen-bond acceptors (Lipinski definition) is 2. The Morgan fingerprint density at radius 1 is 1.12 bits per heavy atom. The van der Waals surface area contributed by atoms with Crippen molar-refractivity contribution in [3.63, 3.8) is 0 Å². The lowest BCUT2D eigenvalue weighted by Crippen LogP contribution is -2.14. The number of benzene rings is 2. The molecule has 0 aliphatic carbocycles. The fraction of sp³-hybridized carbons (Fsp3) is 0.158. The number of hydrogen-bond donors (Lipinski definition) is 1. The van der Waals surface area contributed by atoms with Crippen molar-refractivity contribution in [2.75, 3.05) is 5.32 Å². The number of nitrogens with one attached hydrogen (secondary N) is 1. The molecule has 1 aromatic heterocycles. The molecule has 0 fully saturated rings. The molecular formula is C19H17Cl2N3O. The van der Waals surface area contributed by atoms with Gasteiger partial charge < -0.3 is 5.32 Å². The molecule has 0 radical (unpaired) electrons. The van der Waals surface area contributed by atoms with Gasteiger partial charge in [0.15, 0.2) is 0 Å². The molecule has 0 aliphatic heterocycles. The Morgan fingerprint density at radius 3 is 2.52 bits per heavy atom. The molecule has 6 heteroatoms. The smallest absolute Gasteiger partial charge is 0.260 e. The van der Waals surface area contributed by atoms with Crippen LogP contribution in [0.25, 0.3) is 0 Å². The van der Waals surface area contributed by atoms with Gasteiger partial charge in [-0.3, -0.25) is 4.79 Å². The summed E-state index contributed by atoms with van der Waals surface area (Å²) in [6, 6.07) is 15.1. The summed E-state index contributed by atoms with van der Waals surface area (Å²) < 4.78 is 1.63. The lowest BCUT2D eigenvalue weighted by molar-refractivity contribution is 0.102. The first-order valence-corrected chi connectivity index (χ1v) is 8.55. The molecule has 0 saturated heterocycles. The highest BCUT2D eigenvalue weighted by molar-refractivity contribution is 6.33. The molecule has 3 aromatic rings. The summed E-state index contributed by atoms with van der Waals surface area (Å²) >= 11 is 12.4. The Labute approximate surface area is 156 Å². The van der Waals surface area contributed by atoms with E-state index in [1.54, 1.807) is 29.8 Å². The standard InChI is InChI=1S/C19H17Cl2N3O/c1-12-10-15(20)8-9-16(12)22-19(25)17-13(2)23-24(18(17)21)11-14-6-4-3-5-7-14/h3-10H,11H2,1-2H3,(H,22,25). The summed E-state index contributed by atoms with van der Waals surface area (Å²) in [7, 11) is 0. The largest absolute Gasteiger partial charge is 0.322 e. The molecule has 3 rings (SSSR count). The van der Waals surface area contributed by atoms with E-state index in [4.69, 9.17) is 23.2 Å². The molecule has 2 aromatic carbocycles. The van der Waals surface area contributed by atoms with Gasteiger partial charge in [-0.25, -0.2) is 4.68 Å². The average Bonchev–Trinajstić information content (AvgIpc) is 2.85. The van der Waals surface area contributed by atoms with E-state index in [2.05, 4.69) is 10.4 Å². The predicted octanol–water partition coefficient (Wildman–Crippen LogP) is 5.11. The SMILES string of the molecule is Cc1cc(Cl)ccc1NC(=O)c1c(C)nn(Cc2ccccc2)c1Cl. The third-order valence-electron chi connectivity index (χ3n) is 3.90. The molecule has 4 nitrogen and oxygen atoms in total. The van der Waals surface area contributed by atoms with E-state index in [1.165, 1.54) is 0 Å². The maximum atomic E-state index is 12.7. The monoisotopic (exact) mass is 373 g/mol. The van der Waals surface area contributed by atoms with E-state index in [9.17, 15) is 4.79 Å². The predicted molar refractivity (Wildman–Crippen MR) is 102 cm³/mol. The second kappa shape index (κ2) is 7.30. The Hall–Kier alpha value is -2.30. The van der Waals surface area contributed by atoms with Crippen LogP contribution in [0.2, 0.25) is 10.2 Å². The van der Waals surface area contributed by atoms with Crippen molar-refractivity contribution >= 4 is 34.8 Å². The van der Waals surface area contributed by atoms with Crippen molar-refractivity contribution in [2.24, 2.45) is 0 Å². The zero-order chi connectivity index (χ0) is 18.0. The minimum Gasteiger partial charge on any atom is -0.322 e. The van der Waals surface area contributed by atoms with E-state index < -0.39 is 0 Å². The van der Waals surface area contributed by atoms with Gasteiger partial charge >= 0.3 is 0 Å². The first-order valence-electron chi connectivity index (χ1n) is 7.80. The van der Waals surface area contributed by atoms with Crippen molar-refractivity contribution in [1.29, 1.82) is 0 Å². The number of rotatable bonds is 4. The molecule has 0 saturated carbocycles. The number of nitrogens with zero attached hydrogens (tertiary/aromatic N) is 2. The molecule has 0 atom stereocenters. The minimum atomic E-state index is -0.285. The first kappa shape index (κ1) is 17.5. The van der Waals surface area contributed by atoms with Crippen LogP contribution >= 0.6 is 23.2 Å². The molecule has 0 unspecified atom stereocenters. The quantitative estimate of drug-likeness (QED) is 0.690. The van der Waals surface area contributed by atoms with Crippen LogP contribution in [0, 0.1) is 13.8 Å². The Kier molecular flexibility index (Phi) is 5.11. The highest BCUT2D eigenvalue weighted by atomic mass is 35.5. The van der Waals surface area contributed by atoms with Crippen molar-refractivity contribution in [2.45, 2.75) is 20.4 Å². The highest BCUT2D eigenvalue weighted by Gasteiger charge is 2.21. The normalized spacial score (nSPS) is 10.7. The van der Waals surface area contributed by atoms with Crippen LogP contribution in [0.5, 0.6) is 0 Å². The van der Waals surface area contributed by atoms with Gasteiger partial charge in [0, 0.05) is 10.7 Å². The fourth-order valence-electron chi connectivity index (χ4n) is 2.62. The van der Waals surface area contributed by atoms with Gasteiger partial charge in [-0.1, -0.05) is 53.5 Å². The second-order valence-electron chi connectivity index (χ2n) is 5.81. The molecule has 0 spiro atoms. The minimum absolute atomic E-state index is 0.285. The first-order chi connectivity index (χ1) is 12.0. The zero-order valence-corrected chi connectivity index (χ0v) is 15.4. The van der Waals surface area contributed by atoms with Crippen molar-refractivity contribution in [3.8, 4) is 0 Å². The van der Waals surface area contributed by atoms with Crippen LogP contribution in [0.15, 0.2) is 48.5 Å². The lowest BCUT2D eigenvalue weighted by Gasteiger charge is -2.09. The van der Waals surface area contributed by atoms with Gasteiger partial charge in [0.2, 0.25) is 0 Å². The van der Waals surface area contributed by atoms with E-state index in [0.717, 1.165) is 11.1 Å². The number of aromatic nitrogens is 2. The number of halogens is 2. The summed E-state index contributed by atoms with van der Waals surface area (Å²) in [4.78, 5) is 12.7. The number of aryl methyl sites for hydroxylation is 2. The summed E-state index contributed by atoms with van der Waals surface area (Å²) in [6.07, 6.45) is 0. The Balaban J connectivity index is 1.85. The maximum absolute atomic E-state index is 12.7. The second-order valence-corrected chi connectivity index (χ2v) is 6.60. The highest BCUT2D eigenvalue weighted by Crippen LogP contribution is 2.24. The number of carbonyl (C=O) groups excluding carboxylic acids is 1. The van der Waals surface area contributed by atoms with Crippen LogP contribution in [0.4, 0.5) is 5.69 Å². The van der Waals surface area contributed by atoms with E-state index in [0.29, 0.717) is 33.7 Å². The topological polar surface area (TPSA) is 46.9 Å². The van der Waals surface area contributed by atoms with Gasteiger partial charge in [-0.15, -0.1) is 0 Å². The fourth-order valence-corrected chi connectivity index (χ4v) is 3.17. The van der Waals surface area contributed by atoms with E-state index in [-0.39, 0.29) is 5.91 Å². The molecule has 128 valence electrons. The van der Waals surface area contributed by atoms with Gasteiger partial charge in [0.05, 0.1) is 17.8 Å². The lowest BCUT2D eigenvalue weighted by atomic mass is 10.2. The van der Waals surface area contributed by atoms with Gasteiger partial charge in [0.25, 0.3) is 5.91 Å². The molecule has 25 heavy (non-hydrogen) atoms. The van der Waals surface area contributed by atoms with Crippen LogP contribution in [0.1, 0.15) is 27.2 Å². The molecule has 1 N–H and O–H groups in total. The Bertz CT molecular complexity index is 920. The van der Waals surface area contributed by atoms with Crippen molar-refractivity contribution in [1.82, 2.24) is 9.78 Å². The van der Waals surface area contributed by atoms with Crippen molar-refractivity contribution in [3.05, 3.63) is 81.1 Å². The maximum Gasteiger partial charge on any atom is 0.260 e. The van der Waals surface area contributed by atoms with E-state index >= 15 is 0 Å². The molecule has 0 aliphatic rings. The Morgan fingerprint density at radius 2 is 1.84 bits per heavy atom. The third-order valence-corrected chi connectivity index (χ3v) is 4.52. The van der Waals surface area contributed by atoms with Crippen LogP contribution < -0.4 is 5.32 Å². The van der Waals surface area contributed by atoms with Crippen LogP contribution in [-0.4, -0.2) is 15.7 Å². The van der Waals surface area contributed by atoms with Crippen molar-refractivity contribution < 1.29 is 4.79 Å². The molecule has 1 heterocycles. The van der Waals surface area contributed by atoms with E-state index in [1.807, 2.05) is 37.3 Å². The molecule has 0 bridgehead atoms. The summed E-state index contributed by atoms with van der Waals surface area (Å²) in [5.74, 6) is -0.285. The van der Waals surface area contributed by atoms with Crippen LogP contribution in [0.3, 0.4) is 0 Å². The van der Waals surface area contributed by atoms with Gasteiger partial charge in [-0.05, 0) is 43.2 Å². The average molecular weight is 374 g/mol. The summed E-state index contributed by atoms with van der Waals surface area (Å²) in [5.41, 5.74) is 3.61. The molecular weight excluding hydrogens is 357 g/mol. The summed E-state index contributed by atoms with van der Waals surface area (Å²) in [5, 5.41) is 8.23. The van der Waals surface area contributed by atoms with Gasteiger partial charge in [0.1, 0.15) is 5.15 Å². The van der Waals surface area contributed by atoms with Gasteiger partial charge in [-0.2, -0.15) is 5.10 Å². The summed E-state index contributed by atoms with van der Waals surface area (Å²) in [6.45, 7) is 4.17. The van der Waals surface area contributed by atoms with Crippen LogP contribution in [-0.2, 0) is 6.54 Å². The number of anilines is 1. The zero-order valence-electron chi connectivity index (χ0n) is 13.9. The third kappa shape index (κ3) is 3.86. The molecule has 1 amide bonds.